The Labute approximate surface area is 320 Å². The molecule has 0 aliphatic rings. The van der Waals surface area contributed by atoms with Gasteiger partial charge >= 0.3 is 0 Å². The zero-order chi connectivity index (χ0) is 36.7. The van der Waals surface area contributed by atoms with Crippen molar-refractivity contribution in [2.75, 3.05) is 0 Å². The number of hydrogen-bond acceptors (Lipinski definition) is 4. The molecule has 5 heteroatoms. The summed E-state index contributed by atoms with van der Waals surface area (Å²) in [5.41, 5.74) is 7.58. The van der Waals surface area contributed by atoms with Crippen LogP contribution in [0.1, 0.15) is 0 Å². The van der Waals surface area contributed by atoms with Crippen LogP contribution < -0.4 is 0 Å². The van der Waals surface area contributed by atoms with Crippen LogP contribution in [0.3, 0.4) is 0 Å². The monoisotopic (exact) mass is 714 g/mol. The molecule has 0 aliphatic carbocycles. The second kappa shape index (κ2) is 11.9. The standard InChI is InChI=1S/C51H30N4O/c1-2-13-35-31(12-1)24-27-33-28-25-32-26-29-34(30-41(32)47(33)35)49-52-50(54-51(53-49)40-18-11-23-46-48(40)39-17-6-10-22-45(39)56-46)38-16-5-9-21-44(38)55-42-19-7-3-14-36(42)37-15-4-8-20-43(37)55/h1-30H. The number of hydrogen-bond donors (Lipinski definition) is 0. The fourth-order valence-corrected chi connectivity index (χ4v) is 8.71. The lowest BCUT2D eigenvalue weighted by atomic mass is 9.95. The molecule has 0 radical (unpaired) electrons. The van der Waals surface area contributed by atoms with Crippen LogP contribution in [0.4, 0.5) is 0 Å². The van der Waals surface area contributed by atoms with Crippen molar-refractivity contribution in [2.24, 2.45) is 0 Å². The van der Waals surface area contributed by atoms with Gasteiger partial charge in [0.15, 0.2) is 17.5 Å². The predicted octanol–water partition coefficient (Wildman–Crippen LogP) is 13.3. The van der Waals surface area contributed by atoms with Gasteiger partial charge in [0.2, 0.25) is 0 Å². The van der Waals surface area contributed by atoms with Crippen molar-refractivity contribution in [3.05, 3.63) is 182 Å². The Morgan fingerprint density at radius 3 is 1.71 bits per heavy atom. The summed E-state index contributed by atoms with van der Waals surface area (Å²) >= 11 is 0. The third kappa shape index (κ3) is 4.58. The summed E-state index contributed by atoms with van der Waals surface area (Å²) in [5, 5.41) is 11.6. The van der Waals surface area contributed by atoms with E-state index in [0.717, 1.165) is 60.7 Å². The first kappa shape index (κ1) is 30.8. The lowest BCUT2D eigenvalue weighted by Crippen LogP contribution is -2.03. The van der Waals surface area contributed by atoms with Gasteiger partial charge in [-0.25, -0.2) is 15.0 Å². The molecule has 9 aromatic carbocycles. The second-order valence-electron chi connectivity index (χ2n) is 14.4. The number of para-hydroxylation sites is 4. The Morgan fingerprint density at radius 1 is 0.357 bits per heavy atom. The lowest BCUT2D eigenvalue weighted by molar-refractivity contribution is 0.669. The van der Waals surface area contributed by atoms with E-state index >= 15 is 0 Å². The van der Waals surface area contributed by atoms with Gasteiger partial charge in [-0.2, -0.15) is 0 Å². The maximum Gasteiger partial charge on any atom is 0.166 e. The van der Waals surface area contributed by atoms with Crippen LogP contribution in [0, 0.1) is 0 Å². The van der Waals surface area contributed by atoms with E-state index in [1.54, 1.807) is 0 Å². The molecule has 0 fully saturated rings. The van der Waals surface area contributed by atoms with E-state index in [4.69, 9.17) is 19.4 Å². The van der Waals surface area contributed by atoms with E-state index in [-0.39, 0.29) is 0 Å². The predicted molar refractivity (Wildman–Crippen MR) is 230 cm³/mol. The quantitative estimate of drug-likeness (QED) is 0.170. The SMILES string of the molecule is c1ccc(-n2c3ccccc3c3ccccc32)c(-c2nc(-c3ccc4ccc5ccc6ccccc6c5c4c3)nc(-c3cccc4oc5ccccc5c34)n2)c1. The first-order chi connectivity index (χ1) is 27.8. The average Bonchev–Trinajstić information content (AvgIpc) is 3.82. The van der Waals surface area contributed by atoms with E-state index in [1.807, 2.05) is 30.3 Å². The molecule has 0 saturated heterocycles. The Balaban J connectivity index is 1.16. The van der Waals surface area contributed by atoms with Crippen LogP contribution in [0.5, 0.6) is 0 Å². The number of fused-ring (bicyclic) bond motifs is 11. The maximum absolute atomic E-state index is 6.34. The highest BCUT2D eigenvalue weighted by Crippen LogP contribution is 2.40. The highest BCUT2D eigenvalue weighted by Gasteiger charge is 2.21. The third-order valence-electron chi connectivity index (χ3n) is 11.2. The molecule has 12 aromatic rings. The van der Waals surface area contributed by atoms with Gasteiger partial charge in [-0.1, -0.05) is 140 Å². The van der Waals surface area contributed by atoms with Gasteiger partial charge in [0, 0.05) is 38.2 Å². The average molecular weight is 715 g/mol. The van der Waals surface area contributed by atoms with Gasteiger partial charge in [-0.15, -0.1) is 0 Å². The summed E-state index contributed by atoms with van der Waals surface area (Å²) < 4.78 is 8.68. The first-order valence-electron chi connectivity index (χ1n) is 18.9. The molecular weight excluding hydrogens is 685 g/mol. The maximum atomic E-state index is 6.34. The van der Waals surface area contributed by atoms with Crippen LogP contribution in [0.15, 0.2) is 186 Å². The van der Waals surface area contributed by atoms with Crippen LogP contribution in [0.25, 0.3) is 116 Å². The number of benzene rings is 9. The normalized spacial score (nSPS) is 11.9. The smallest absolute Gasteiger partial charge is 0.166 e. The number of furan rings is 1. The molecule has 0 saturated carbocycles. The number of aromatic nitrogens is 4. The Hall–Kier alpha value is -7.63. The second-order valence-corrected chi connectivity index (χ2v) is 14.4. The highest BCUT2D eigenvalue weighted by atomic mass is 16.3. The van der Waals surface area contributed by atoms with Crippen molar-refractivity contribution in [1.82, 2.24) is 19.5 Å². The van der Waals surface area contributed by atoms with Gasteiger partial charge in [0.25, 0.3) is 0 Å². The van der Waals surface area contributed by atoms with Crippen LogP contribution in [-0.4, -0.2) is 19.5 Å². The van der Waals surface area contributed by atoms with Crippen LogP contribution in [-0.2, 0) is 0 Å². The Morgan fingerprint density at radius 2 is 0.911 bits per heavy atom. The largest absolute Gasteiger partial charge is 0.456 e. The van der Waals surface area contributed by atoms with E-state index in [1.165, 1.54) is 37.7 Å². The summed E-state index contributed by atoms with van der Waals surface area (Å²) in [6, 6.07) is 63.9. The minimum absolute atomic E-state index is 0.586. The molecule has 0 bridgehead atoms. The van der Waals surface area contributed by atoms with Crippen molar-refractivity contribution in [3.8, 4) is 39.9 Å². The van der Waals surface area contributed by atoms with Crippen molar-refractivity contribution < 1.29 is 4.42 Å². The summed E-state index contributed by atoms with van der Waals surface area (Å²) in [7, 11) is 0. The molecule has 3 heterocycles. The lowest BCUT2D eigenvalue weighted by Gasteiger charge is -2.15. The molecule has 0 spiro atoms. The molecule has 0 N–H and O–H groups in total. The molecule has 0 unspecified atom stereocenters. The minimum atomic E-state index is 0.586. The molecule has 260 valence electrons. The summed E-state index contributed by atoms with van der Waals surface area (Å²) in [5.74, 6) is 1.78. The summed E-state index contributed by atoms with van der Waals surface area (Å²) in [4.78, 5) is 16.0. The van der Waals surface area contributed by atoms with Crippen molar-refractivity contribution in [2.45, 2.75) is 0 Å². The summed E-state index contributed by atoms with van der Waals surface area (Å²) in [6.45, 7) is 0. The minimum Gasteiger partial charge on any atom is -0.456 e. The molecular formula is C51H30N4O. The molecule has 0 amide bonds. The van der Waals surface area contributed by atoms with Crippen molar-refractivity contribution >= 4 is 76.1 Å². The van der Waals surface area contributed by atoms with E-state index in [0.29, 0.717) is 17.5 Å². The van der Waals surface area contributed by atoms with Crippen molar-refractivity contribution in [3.63, 3.8) is 0 Å². The topological polar surface area (TPSA) is 56.7 Å². The van der Waals surface area contributed by atoms with E-state index in [2.05, 4.69) is 156 Å². The number of rotatable bonds is 4. The molecule has 12 rings (SSSR count). The van der Waals surface area contributed by atoms with E-state index in [9.17, 15) is 0 Å². The number of nitrogens with zero attached hydrogens (tertiary/aromatic N) is 4. The third-order valence-corrected chi connectivity index (χ3v) is 11.2. The molecule has 3 aromatic heterocycles. The summed E-state index contributed by atoms with van der Waals surface area (Å²) in [6.07, 6.45) is 0. The van der Waals surface area contributed by atoms with Crippen molar-refractivity contribution in [1.29, 1.82) is 0 Å². The Kier molecular flexibility index (Phi) is 6.56. The Bertz CT molecular complexity index is 3500. The van der Waals surface area contributed by atoms with E-state index < -0.39 is 0 Å². The zero-order valence-electron chi connectivity index (χ0n) is 30.0. The van der Waals surface area contributed by atoms with Gasteiger partial charge in [0.1, 0.15) is 11.2 Å². The molecule has 5 nitrogen and oxygen atoms in total. The fraction of sp³-hybridized carbons (Fsp3) is 0. The first-order valence-corrected chi connectivity index (χ1v) is 18.9. The molecule has 56 heavy (non-hydrogen) atoms. The highest BCUT2D eigenvalue weighted by molar-refractivity contribution is 6.20. The van der Waals surface area contributed by atoms with Gasteiger partial charge in [-0.3, -0.25) is 0 Å². The van der Waals surface area contributed by atoms with Crippen LogP contribution >= 0.6 is 0 Å². The fourth-order valence-electron chi connectivity index (χ4n) is 8.71. The zero-order valence-corrected chi connectivity index (χ0v) is 30.0. The van der Waals surface area contributed by atoms with Crippen LogP contribution in [0.2, 0.25) is 0 Å². The van der Waals surface area contributed by atoms with Gasteiger partial charge in [0.05, 0.1) is 16.7 Å². The molecule has 0 aliphatic heterocycles. The van der Waals surface area contributed by atoms with Gasteiger partial charge in [-0.05, 0) is 74.8 Å². The molecule has 0 atom stereocenters. The van der Waals surface area contributed by atoms with Gasteiger partial charge < -0.3 is 8.98 Å².